The van der Waals surface area contributed by atoms with Gasteiger partial charge in [0.15, 0.2) is 0 Å². The second-order valence-corrected chi connectivity index (χ2v) is 5.25. The van der Waals surface area contributed by atoms with Crippen LogP contribution in [0, 0.1) is 11.6 Å². The van der Waals surface area contributed by atoms with Gasteiger partial charge in [0, 0.05) is 32.7 Å². The van der Waals surface area contributed by atoms with E-state index in [-0.39, 0.29) is 39.1 Å². The Labute approximate surface area is 136 Å². The van der Waals surface area contributed by atoms with Crippen molar-refractivity contribution >= 4 is 17.9 Å². The summed E-state index contributed by atoms with van der Waals surface area (Å²) < 4.78 is 27.3. The predicted octanol–water partition coefficient (Wildman–Crippen LogP) is 0.907. The lowest BCUT2D eigenvalue weighted by molar-refractivity contribution is -0.136. The lowest BCUT2D eigenvalue weighted by Gasteiger charge is -2.34. The standard InChI is InChI=1S/C15H17F2N3O4/c16-10-2-1-3-11(17)13(10)14(23)19-6-8-20(9-7-19)15(24)18-5-4-12(21)22/h1-3H,4-9H2,(H,18,24)(H,21,22). The highest BCUT2D eigenvalue weighted by atomic mass is 19.1. The first-order valence-corrected chi connectivity index (χ1v) is 7.38. The molecular weight excluding hydrogens is 324 g/mol. The van der Waals surface area contributed by atoms with Gasteiger partial charge in [0.2, 0.25) is 0 Å². The SMILES string of the molecule is O=C(O)CCNC(=O)N1CCN(C(=O)c2c(F)cccc2F)CC1. The maximum atomic E-state index is 13.7. The molecule has 9 heteroatoms. The predicted molar refractivity (Wildman–Crippen MR) is 79.5 cm³/mol. The molecule has 0 bridgehead atoms. The second kappa shape index (κ2) is 7.71. The van der Waals surface area contributed by atoms with Gasteiger partial charge in [-0.2, -0.15) is 0 Å². The summed E-state index contributed by atoms with van der Waals surface area (Å²) in [5.41, 5.74) is -0.600. The largest absolute Gasteiger partial charge is 0.481 e. The van der Waals surface area contributed by atoms with Crippen molar-refractivity contribution < 1.29 is 28.3 Å². The summed E-state index contributed by atoms with van der Waals surface area (Å²) in [6, 6.07) is 2.78. The van der Waals surface area contributed by atoms with Crippen LogP contribution in [0.1, 0.15) is 16.8 Å². The molecule has 1 aliphatic rings. The van der Waals surface area contributed by atoms with Crippen LogP contribution in [-0.4, -0.2) is 65.5 Å². The van der Waals surface area contributed by atoms with E-state index in [0.717, 1.165) is 12.1 Å². The average molecular weight is 341 g/mol. The van der Waals surface area contributed by atoms with Gasteiger partial charge in [0.25, 0.3) is 5.91 Å². The molecule has 0 atom stereocenters. The zero-order chi connectivity index (χ0) is 17.7. The van der Waals surface area contributed by atoms with Crippen molar-refractivity contribution in [2.24, 2.45) is 0 Å². The average Bonchev–Trinajstić information content (AvgIpc) is 2.54. The van der Waals surface area contributed by atoms with Gasteiger partial charge in [-0.05, 0) is 12.1 Å². The first kappa shape index (κ1) is 17.6. The van der Waals surface area contributed by atoms with Crippen LogP contribution >= 0.6 is 0 Å². The van der Waals surface area contributed by atoms with Crippen molar-refractivity contribution in [2.45, 2.75) is 6.42 Å². The summed E-state index contributed by atoms with van der Waals surface area (Å²) in [5.74, 6) is -3.61. The molecule has 0 spiro atoms. The number of carboxylic acid groups (broad SMARTS) is 1. The van der Waals surface area contributed by atoms with E-state index < -0.39 is 35.1 Å². The number of nitrogens with one attached hydrogen (secondary N) is 1. The summed E-state index contributed by atoms with van der Waals surface area (Å²) >= 11 is 0. The second-order valence-electron chi connectivity index (χ2n) is 5.25. The highest BCUT2D eigenvalue weighted by Crippen LogP contribution is 2.16. The first-order chi connectivity index (χ1) is 11.4. The molecule has 1 aromatic carbocycles. The third-order valence-corrected chi connectivity index (χ3v) is 3.65. The Bertz CT molecular complexity index is 625. The lowest BCUT2D eigenvalue weighted by atomic mass is 10.1. The summed E-state index contributed by atoms with van der Waals surface area (Å²) in [7, 11) is 0. The summed E-state index contributed by atoms with van der Waals surface area (Å²) in [5, 5.41) is 11.0. The Morgan fingerprint density at radius 2 is 1.58 bits per heavy atom. The summed E-state index contributed by atoms with van der Waals surface area (Å²) in [6.45, 7) is 0.674. The Morgan fingerprint density at radius 1 is 1.04 bits per heavy atom. The van der Waals surface area contributed by atoms with Gasteiger partial charge in [-0.3, -0.25) is 9.59 Å². The molecule has 0 aromatic heterocycles. The molecule has 24 heavy (non-hydrogen) atoms. The normalized spacial score (nSPS) is 14.4. The molecule has 7 nitrogen and oxygen atoms in total. The number of aliphatic carboxylic acids is 1. The summed E-state index contributed by atoms with van der Waals surface area (Å²) in [4.78, 5) is 37.2. The van der Waals surface area contributed by atoms with Gasteiger partial charge >= 0.3 is 12.0 Å². The van der Waals surface area contributed by atoms with Crippen LogP contribution in [0.3, 0.4) is 0 Å². The van der Waals surface area contributed by atoms with E-state index in [1.54, 1.807) is 0 Å². The molecule has 0 unspecified atom stereocenters. The van der Waals surface area contributed by atoms with E-state index in [2.05, 4.69) is 5.32 Å². The van der Waals surface area contributed by atoms with E-state index in [1.807, 2.05) is 0 Å². The smallest absolute Gasteiger partial charge is 0.317 e. The molecule has 0 aliphatic carbocycles. The molecule has 1 fully saturated rings. The van der Waals surface area contributed by atoms with Crippen LogP contribution in [0.25, 0.3) is 0 Å². The quantitative estimate of drug-likeness (QED) is 0.852. The van der Waals surface area contributed by atoms with Crippen LogP contribution in [0.5, 0.6) is 0 Å². The number of urea groups is 1. The Balaban J connectivity index is 1.89. The van der Waals surface area contributed by atoms with Crippen molar-refractivity contribution in [3.05, 3.63) is 35.4 Å². The van der Waals surface area contributed by atoms with Crippen molar-refractivity contribution in [1.82, 2.24) is 15.1 Å². The van der Waals surface area contributed by atoms with E-state index in [4.69, 9.17) is 5.11 Å². The third kappa shape index (κ3) is 4.18. The maximum Gasteiger partial charge on any atom is 0.317 e. The molecule has 1 heterocycles. The molecule has 130 valence electrons. The molecule has 1 saturated heterocycles. The lowest BCUT2D eigenvalue weighted by Crippen LogP contribution is -2.53. The minimum atomic E-state index is -1.02. The fraction of sp³-hybridized carbons (Fsp3) is 0.400. The number of piperazine rings is 1. The van der Waals surface area contributed by atoms with Gasteiger partial charge in [-0.25, -0.2) is 13.6 Å². The molecule has 1 aromatic rings. The minimum absolute atomic E-state index is 0.00769. The van der Waals surface area contributed by atoms with E-state index >= 15 is 0 Å². The van der Waals surface area contributed by atoms with Crippen LogP contribution in [0.2, 0.25) is 0 Å². The van der Waals surface area contributed by atoms with Gasteiger partial charge in [0.1, 0.15) is 17.2 Å². The number of nitrogens with zero attached hydrogens (tertiary/aromatic N) is 2. The van der Waals surface area contributed by atoms with E-state index in [1.165, 1.54) is 15.9 Å². The topological polar surface area (TPSA) is 89.9 Å². The van der Waals surface area contributed by atoms with Gasteiger partial charge in [0.05, 0.1) is 6.42 Å². The first-order valence-electron chi connectivity index (χ1n) is 7.38. The zero-order valence-corrected chi connectivity index (χ0v) is 12.8. The zero-order valence-electron chi connectivity index (χ0n) is 12.8. The number of benzene rings is 1. The molecular formula is C15H17F2N3O4. The Hall–Kier alpha value is -2.71. The molecule has 1 aliphatic heterocycles. The number of carboxylic acids is 1. The highest BCUT2D eigenvalue weighted by Gasteiger charge is 2.28. The fourth-order valence-electron chi connectivity index (χ4n) is 2.36. The monoisotopic (exact) mass is 341 g/mol. The van der Waals surface area contributed by atoms with Crippen molar-refractivity contribution in [1.29, 1.82) is 0 Å². The number of carbonyl (C=O) groups excluding carboxylic acids is 2. The van der Waals surface area contributed by atoms with Gasteiger partial charge in [-0.1, -0.05) is 6.07 Å². The highest BCUT2D eigenvalue weighted by molar-refractivity contribution is 5.95. The molecule has 0 radical (unpaired) electrons. The molecule has 0 saturated carbocycles. The van der Waals surface area contributed by atoms with Crippen molar-refractivity contribution in [3.8, 4) is 0 Å². The van der Waals surface area contributed by atoms with Crippen LogP contribution in [0.15, 0.2) is 18.2 Å². The number of rotatable bonds is 4. The van der Waals surface area contributed by atoms with Gasteiger partial charge < -0.3 is 20.2 Å². The van der Waals surface area contributed by atoms with Crippen LogP contribution in [-0.2, 0) is 4.79 Å². The number of hydrogen-bond acceptors (Lipinski definition) is 3. The molecule has 3 amide bonds. The van der Waals surface area contributed by atoms with Gasteiger partial charge in [-0.15, -0.1) is 0 Å². The third-order valence-electron chi connectivity index (χ3n) is 3.65. The molecule has 2 rings (SSSR count). The van der Waals surface area contributed by atoms with E-state index in [0.29, 0.717) is 0 Å². The maximum absolute atomic E-state index is 13.7. The molecule has 2 N–H and O–H groups in total. The fourth-order valence-corrected chi connectivity index (χ4v) is 2.36. The number of carbonyl (C=O) groups is 3. The minimum Gasteiger partial charge on any atom is -0.481 e. The van der Waals surface area contributed by atoms with Crippen LogP contribution in [0.4, 0.5) is 13.6 Å². The number of hydrogen-bond donors (Lipinski definition) is 2. The van der Waals surface area contributed by atoms with E-state index in [9.17, 15) is 23.2 Å². The summed E-state index contributed by atoms with van der Waals surface area (Å²) in [6.07, 6.45) is -0.184. The Morgan fingerprint density at radius 3 is 2.12 bits per heavy atom. The van der Waals surface area contributed by atoms with Crippen molar-refractivity contribution in [2.75, 3.05) is 32.7 Å². The number of halogens is 2. The number of amides is 3. The van der Waals surface area contributed by atoms with Crippen LogP contribution < -0.4 is 5.32 Å². The van der Waals surface area contributed by atoms with Crippen molar-refractivity contribution in [3.63, 3.8) is 0 Å². The Kier molecular flexibility index (Phi) is 5.67.